The molecule has 1 amide bonds. The fourth-order valence-electron chi connectivity index (χ4n) is 6.07. The van der Waals surface area contributed by atoms with Gasteiger partial charge in [0.2, 0.25) is 5.91 Å². The van der Waals surface area contributed by atoms with Gasteiger partial charge < -0.3 is 9.64 Å². The van der Waals surface area contributed by atoms with Crippen LogP contribution in [-0.2, 0) is 11.2 Å². The van der Waals surface area contributed by atoms with Crippen molar-refractivity contribution in [3.63, 3.8) is 0 Å². The third-order valence-electron chi connectivity index (χ3n) is 6.73. The molecule has 3 heteroatoms. The van der Waals surface area contributed by atoms with E-state index in [0.717, 1.165) is 41.5 Å². The molecule has 0 aliphatic heterocycles. The Labute approximate surface area is 145 Å². The largest absolute Gasteiger partial charge is 0.496 e. The van der Waals surface area contributed by atoms with Crippen LogP contribution >= 0.6 is 0 Å². The van der Waals surface area contributed by atoms with E-state index >= 15 is 0 Å². The summed E-state index contributed by atoms with van der Waals surface area (Å²) >= 11 is 0. The van der Waals surface area contributed by atoms with Crippen molar-refractivity contribution in [1.29, 1.82) is 0 Å². The summed E-state index contributed by atoms with van der Waals surface area (Å²) in [5.74, 6) is 4.51. The van der Waals surface area contributed by atoms with Crippen LogP contribution in [0.1, 0.15) is 44.6 Å². The van der Waals surface area contributed by atoms with Gasteiger partial charge in [0, 0.05) is 18.2 Å². The first-order chi connectivity index (χ1) is 11.7. The zero-order valence-corrected chi connectivity index (χ0v) is 14.9. The summed E-state index contributed by atoms with van der Waals surface area (Å²) in [4.78, 5) is 15.3. The number of hydrogen-bond donors (Lipinski definition) is 0. The molecule has 0 unspecified atom stereocenters. The number of amides is 1. The van der Waals surface area contributed by atoms with Crippen LogP contribution in [0.15, 0.2) is 24.3 Å². The molecule has 1 aromatic carbocycles. The lowest BCUT2D eigenvalue weighted by atomic mass is 9.54. The van der Waals surface area contributed by atoms with E-state index in [1.165, 1.54) is 32.1 Å². The van der Waals surface area contributed by atoms with Gasteiger partial charge >= 0.3 is 0 Å². The molecule has 0 aromatic heterocycles. The number of hydrogen-bond acceptors (Lipinski definition) is 2. The molecule has 0 atom stereocenters. The number of ether oxygens (including phenoxy) is 1. The Balaban J connectivity index is 1.52. The van der Waals surface area contributed by atoms with E-state index in [1.54, 1.807) is 7.11 Å². The minimum absolute atomic E-state index is 0.277. The van der Waals surface area contributed by atoms with E-state index in [0.29, 0.717) is 12.5 Å². The number of carbonyl (C=O) groups is 1. The summed E-state index contributed by atoms with van der Waals surface area (Å²) in [7, 11) is 1.68. The van der Waals surface area contributed by atoms with Crippen molar-refractivity contribution >= 4 is 5.91 Å². The summed E-state index contributed by atoms with van der Waals surface area (Å²) in [5.41, 5.74) is 1.01. The van der Waals surface area contributed by atoms with Gasteiger partial charge in [-0.2, -0.15) is 0 Å². The lowest BCUT2D eigenvalue weighted by Gasteiger charge is -2.57. The smallest absolute Gasteiger partial charge is 0.227 e. The van der Waals surface area contributed by atoms with Crippen molar-refractivity contribution in [3.05, 3.63) is 29.8 Å². The fraction of sp³-hybridized carbons (Fsp3) is 0.667. The molecule has 4 bridgehead atoms. The molecule has 4 aliphatic carbocycles. The van der Waals surface area contributed by atoms with Crippen LogP contribution in [0.3, 0.4) is 0 Å². The van der Waals surface area contributed by atoms with Crippen molar-refractivity contribution in [2.45, 2.75) is 51.5 Å². The molecule has 0 spiro atoms. The Morgan fingerprint density at radius 3 is 2.29 bits per heavy atom. The third kappa shape index (κ3) is 2.72. The highest BCUT2D eigenvalue weighted by Crippen LogP contribution is 2.55. The first kappa shape index (κ1) is 16.0. The van der Waals surface area contributed by atoms with E-state index in [9.17, 15) is 4.79 Å². The number of nitrogens with zero attached hydrogens (tertiary/aromatic N) is 1. The Morgan fingerprint density at radius 2 is 1.71 bits per heavy atom. The minimum Gasteiger partial charge on any atom is -0.496 e. The number of benzene rings is 1. The highest BCUT2D eigenvalue weighted by atomic mass is 16.5. The van der Waals surface area contributed by atoms with Crippen LogP contribution in [0.25, 0.3) is 0 Å². The molecule has 4 aliphatic rings. The molecule has 0 radical (unpaired) electrons. The zero-order chi connectivity index (χ0) is 16.7. The van der Waals surface area contributed by atoms with Crippen LogP contribution in [0, 0.1) is 23.7 Å². The molecule has 4 fully saturated rings. The number of carbonyl (C=O) groups excluding carboxylic acids is 1. The summed E-state index contributed by atoms with van der Waals surface area (Å²) < 4.78 is 5.43. The molecule has 4 saturated carbocycles. The van der Waals surface area contributed by atoms with Crippen molar-refractivity contribution < 1.29 is 9.53 Å². The van der Waals surface area contributed by atoms with Crippen LogP contribution in [0.5, 0.6) is 5.75 Å². The van der Waals surface area contributed by atoms with Crippen LogP contribution in [0.4, 0.5) is 0 Å². The summed E-state index contributed by atoms with van der Waals surface area (Å²) in [6, 6.07) is 8.40. The highest BCUT2D eigenvalue weighted by Gasteiger charge is 2.50. The maximum atomic E-state index is 13.1. The van der Waals surface area contributed by atoms with Gasteiger partial charge in [0.1, 0.15) is 5.75 Å². The Bertz CT molecular complexity index is 584. The zero-order valence-electron chi connectivity index (χ0n) is 14.9. The van der Waals surface area contributed by atoms with Crippen LogP contribution in [0.2, 0.25) is 0 Å². The Hall–Kier alpha value is -1.51. The molecule has 0 saturated heterocycles. The molecular weight excluding hydrogens is 298 g/mol. The molecular formula is C21H29NO2. The predicted octanol–water partition coefficient (Wildman–Crippen LogP) is 3.91. The summed E-state index contributed by atoms with van der Waals surface area (Å²) in [6.07, 6.45) is 7.35. The molecule has 0 N–H and O–H groups in total. The average Bonchev–Trinajstić information content (AvgIpc) is 2.57. The molecule has 24 heavy (non-hydrogen) atoms. The van der Waals surface area contributed by atoms with Crippen molar-refractivity contribution in [3.8, 4) is 5.75 Å². The van der Waals surface area contributed by atoms with E-state index in [2.05, 4.69) is 11.8 Å². The monoisotopic (exact) mass is 327 g/mol. The summed E-state index contributed by atoms with van der Waals surface area (Å²) in [5, 5.41) is 0. The lowest BCUT2D eigenvalue weighted by Crippen LogP contribution is -2.57. The van der Waals surface area contributed by atoms with Gasteiger partial charge in [0.15, 0.2) is 0 Å². The van der Waals surface area contributed by atoms with Crippen LogP contribution < -0.4 is 4.74 Å². The average molecular weight is 327 g/mol. The van der Waals surface area contributed by atoms with Gasteiger partial charge in [-0.25, -0.2) is 0 Å². The molecule has 0 heterocycles. The van der Waals surface area contributed by atoms with Gasteiger partial charge in [-0.1, -0.05) is 18.2 Å². The minimum atomic E-state index is 0.277. The third-order valence-corrected chi connectivity index (χ3v) is 6.73. The second-order valence-electron chi connectivity index (χ2n) is 8.09. The van der Waals surface area contributed by atoms with E-state index in [1.807, 2.05) is 24.3 Å². The standard InChI is InChI=1S/C21H29NO2/c1-3-22(20(23)13-16-6-4-5-7-19(16)24-2)21-17-9-14-8-15(11-17)12-18(21)10-14/h4-7,14-15,17-18,21H,3,8-13H2,1-2H3. The highest BCUT2D eigenvalue weighted by molar-refractivity contribution is 5.80. The number of methoxy groups -OCH3 is 1. The Morgan fingerprint density at radius 1 is 1.08 bits per heavy atom. The van der Waals surface area contributed by atoms with Gasteiger partial charge in [-0.3, -0.25) is 4.79 Å². The van der Waals surface area contributed by atoms with Gasteiger partial charge in [-0.15, -0.1) is 0 Å². The summed E-state index contributed by atoms with van der Waals surface area (Å²) in [6.45, 7) is 2.98. The molecule has 5 rings (SSSR count). The van der Waals surface area contributed by atoms with Gasteiger partial charge in [0.25, 0.3) is 0 Å². The Kier molecular flexibility index (Phi) is 4.28. The maximum Gasteiger partial charge on any atom is 0.227 e. The van der Waals surface area contributed by atoms with Crippen LogP contribution in [-0.4, -0.2) is 30.5 Å². The van der Waals surface area contributed by atoms with Gasteiger partial charge in [0.05, 0.1) is 13.5 Å². The second kappa shape index (κ2) is 6.42. The predicted molar refractivity (Wildman–Crippen MR) is 94.9 cm³/mol. The van der Waals surface area contributed by atoms with Crippen molar-refractivity contribution in [2.24, 2.45) is 23.7 Å². The van der Waals surface area contributed by atoms with Crippen molar-refractivity contribution in [2.75, 3.05) is 13.7 Å². The molecule has 3 nitrogen and oxygen atoms in total. The molecule has 130 valence electrons. The SMILES string of the molecule is CCN(C(=O)Cc1ccccc1OC)C1C2CC3CC(C2)CC1C3. The quantitative estimate of drug-likeness (QED) is 0.820. The second-order valence-corrected chi connectivity index (χ2v) is 8.09. The maximum absolute atomic E-state index is 13.1. The van der Waals surface area contributed by atoms with Gasteiger partial charge in [-0.05, 0) is 68.8 Å². The molecule has 1 aromatic rings. The van der Waals surface area contributed by atoms with E-state index in [4.69, 9.17) is 4.74 Å². The first-order valence-corrected chi connectivity index (χ1v) is 9.61. The van der Waals surface area contributed by atoms with E-state index < -0.39 is 0 Å². The normalized spacial score (nSPS) is 33.5. The number of likely N-dealkylation sites (N-methyl/N-ethyl adjacent to an activating group) is 1. The topological polar surface area (TPSA) is 29.5 Å². The fourth-order valence-corrected chi connectivity index (χ4v) is 6.07. The number of rotatable bonds is 5. The van der Waals surface area contributed by atoms with Crippen molar-refractivity contribution in [1.82, 2.24) is 4.90 Å². The first-order valence-electron chi connectivity index (χ1n) is 9.61. The number of para-hydroxylation sites is 1. The van der Waals surface area contributed by atoms with E-state index in [-0.39, 0.29) is 5.91 Å². The lowest BCUT2D eigenvalue weighted by molar-refractivity contribution is -0.142.